The van der Waals surface area contributed by atoms with E-state index in [1.807, 2.05) is 12.1 Å². The molecule has 0 aliphatic carbocycles. The first-order valence-corrected chi connectivity index (χ1v) is 9.20. The van der Waals surface area contributed by atoms with Crippen molar-refractivity contribution in [3.8, 4) is 0 Å². The van der Waals surface area contributed by atoms with E-state index in [1.54, 1.807) is 11.3 Å². The fourth-order valence-corrected chi connectivity index (χ4v) is 4.14. The van der Waals surface area contributed by atoms with E-state index in [9.17, 15) is 0 Å². The zero-order valence-electron chi connectivity index (χ0n) is 12.5. The Labute approximate surface area is 144 Å². The highest BCUT2D eigenvalue weighted by molar-refractivity contribution is 9.10. The minimum absolute atomic E-state index is 0.0644. The van der Waals surface area contributed by atoms with Gasteiger partial charge in [-0.1, -0.05) is 47.4 Å². The monoisotopic (exact) mass is 386 g/mol. The Morgan fingerprint density at radius 2 is 2.14 bits per heavy atom. The molecular formula is C16H20BrClN2S. The summed E-state index contributed by atoms with van der Waals surface area (Å²) in [7, 11) is 0. The smallest absolute Gasteiger partial charge is 0.115 e. The molecule has 0 fully saturated rings. The third-order valence-electron chi connectivity index (χ3n) is 3.36. The van der Waals surface area contributed by atoms with Crippen LogP contribution in [0.15, 0.2) is 22.7 Å². The van der Waals surface area contributed by atoms with Gasteiger partial charge < -0.3 is 5.32 Å². The molecule has 114 valence electrons. The number of thiazole rings is 1. The summed E-state index contributed by atoms with van der Waals surface area (Å²) in [5, 5.41) is 5.44. The van der Waals surface area contributed by atoms with E-state index >= 15 is 0 Å². The van der Waals surface area contributed by atoms with Crippen molar-refractivity contribution in [1.82, 2.24) is 10.3 Å². The molecule has 1 heterocycles. The molecule has 21 heavy (non-hydrogen) atoms. The fourth-order valence-electron chi connectivity index (χ4n) is 2.26. The molecule has 0 saturated carbocycles. The Hall–Kier alpha value is -0.420. The average molecular weight is 388 g/mol. The van der Waals surface area contributed by atoms with Crippen LogP contribution in [0.4, 0.5) is 0 Å². The second-order valence-corrected chi connectivity index (χ2v) is 7.52. The zero-order chi connectivity index (χ0) is 15.4. The van der Waals surface area contributed by atoms with Crippen LogP contribution >= 0.6 is 38.9 Å². The first-order chi connectivity index (χ1) is 10.1. The Kier molecular flexibility index (Phi) is 6.23. The fraction of sp³-hybridized carbons (Fsp3) is 0.438. The highest BCUT2D eigenvalue weighted by Gasteiger charge is 2.21. The van der Waals surface area contributed by atoms with Gasteiger partial charge in [0.2, 0.25) is 0 Å². The first kappa shape index (κ1) is 16.9. The molecule has 0 saturated heterocycles. The van der Waals surface area contributed by atoms with Crippen molar-refractivity contribution in [2.24, 2.45) is 0 Å². The highest BCUT2D eigenvalue weighted by Crippen LogP contribution is 2.33. The molecule has 1 aromatic heterocycles. The molecule has 5 heteroatoms. The molecule has 0 spiro atoms. The summed E-state index contributed by atoms with van der Waals surface area (Å²) < 4.78 is 0.995. The van der Waals surface area contributed by atoms with E-state index in [4.69, 9.17) is 16.6 Å². The summed E-state index contributed by atoms with van der Waals surface area (Å²) in [5.41, 5.74) is 2.27. The van der Waals surface area contributed by atoms with Crippen LogP contribution in [0.5, 0.6) is 0 Å². The van der Waals surface area contributed by atoms with Gasteiger partial charge in [-0.15, -0.1) is 11.3 Å². The predicted octanol–water partition coefficient (Wildman–Crippen LogP) is 5.52. The van der Waals surface area contributed by atoms with E-state index in [-0.39, 0.29) is 6.04 Å². The van der Waals surface area contributed by atoms with Crippen LogP contribution in [0.1, 0.15) is 47.5 Å². The van der Waals surface area contributed by atoms with Crippen LogP contribution in [0, 0.1) is 6.92 Å². The van der Waals surface area contributed by atoms with E-state index < -0.39 is 0 Å². The van der Waals surface area contributed by atoms with Gasteiger partial charge in [0.05, 0.1) is 11.7 Å². The molecular weight excluding hydrogens is 368 g/mol. The molecule has 0 amide bonds. The molecule has 0 bridgehead atoms. The van der Waals surface area contributed by atoms with Crippen molar-refractivity contribution in [3.63, 3.8) is 0 Å². The van der Waals surface area contributed by atoms with Crippen molar-refractivity contribution < 1.29 is 0 Å². The summed E-state index contributed by atoms with van der Waals surface area (Å²) in [5.74, 6) is 0. The average Bonchev–Trinajstić information content (AvgIpc) is 2.82. The largest absolute Gasteiger partial charge is 0.304 e. The summed E-state index contributed by atoms with van der Waals surface area (Å²) in [6, 6.07) is 6.11. The van der Waals surface area contributed by atoms with Gasteiger partial charge in [0, 0.05) is 14.4 Å². The van der Waals surface area contributed by atoms with Crippen molar-refractivity contribution in [2.75, 3.05) is 6.54 Å². The number of halogens is 2. The number of nitrogens with one attached hydrogen (secondary N) is 1. The van der Waals surface area contributed by atoms with Crippen molar-refractivity contribution >= 4 is 38.9 Å². The standard InChI is InChI=1S/C16H20BrClN2S/c1-4-8-19-15(12-7-6-11(17)9-13(12)18)16-20-14(5-2)10(3)21-16/h6-7,9,15,19H,4-5,8H2,1-3H3. The minimum atomic E-state index is 0.0644. The second-order valence-electron chi connectivity index (χ2n) is 4.96. The lowest BCUT2D eigenvalue weighted by Crippen LogP contribution is -2.23. The topological polar surface area (TPSA) is 24.9 Å². The molecule has 1 aromatic carbocycles. The van der Waals surface area contributed by atoms with Gasteiger partial charge in [-0.2, -0.15) is 0 Å². The molecule has 1 N–H and O–H groups in total. The normalized spacial score (nSPS) is 12.6. The third kappa shape index (κ3) is 4.07. The van der Waals surface area contributed by atoms with Crippen LogP contribution in [-0.2, 0) is 6.42 Å². The first-order valence-electron chi connectivity index (χ1n) is 7.21. The maximum Gasteiger partial charge on any atom is 0.115 e. The van der Waals surface area contributed by atoms with Gasteiger partial charge in [-0.3, -0.25) is 0 Å². The van der Waals surface area contributed by atoms with Gasteiger partial charge in [0.1, 0.15) is 5.01 Å². The number of benzene rings is 1. The van der Waals surface area contributed by atoms with Gasteiger partial charge >= 0.3 is 0 Å². The molecule has 2 rings (SSSR count). The maximum absolute atomic E-state index is 6.44. The lowest BCUT2D eigenvalue weighted by atomic mass is 10.1. The van der Waals surface area contributed by atoms with Crippen molar-refractivity contribution in [2.45, 2.75) is 39.7 Å². The Morgan fingerprint density at radius 1 is 1.38 bits per heavy atom. The van der Waals surface area contributed by atoms with Crippen LogP contribution in [0.25, 0.3) is 0 Å². The Balaban J connectivity index is 2.41. The van der Waals surface area contributed by atoms with Gasteiger partial charge in [0.15, 0.2) is 0 Å². The number of nitrogens with zero attached hydrogens (tertiary/aromatic N) is 1. The molecule has 1 unspecified atom stereocenters. The number of hydrogen-bond donors (Lipinski definition) is 1. The highest BCUT2D eigenvalue weighted by atomic mass is 79.9. The van der Waals surface area contributed by atoms with Crippen molar-refractivity contribution in [3.05, 3.63) is 48.8 Å². The Morgan fingerprint density at radius 3 is 2.71 bits per heavy atom. The summed E-state index contributed by atoms with van der Waals surface area (Å²) in [6.07, 6.45) is 2.05. The predicted molar refractivity (Wildman–Crippen MR) is 95.5 cm³/mol. The number of aromatic nitrogens is 1. The van der Waals surface area contributed by atoms with Crippen LogP contribution < -0.4 is 5.32 Å². The second kappa shape index (κ2) is 7.73. The van der Waals surface area contributed by atoms with Crippen LogP contribution in [0.3, 0.4) is 0 Å². The summed E-state index contributed by atoms with van der Waals surface area (Å²) in [6.45, 7) is 7.39. The Bertz CT molecular complexity index is 612. The number of hydrogen-bond acceptors (Lipinski definition) is 3. The van der Waals surface area contributed by atoms with Crippen LogP contribution in [-0.4, -0.2) is 11.5 Å². The van der Waals surface area contributed by atoms with E-state index in [2.05, 4.69) is 48.1 Å². The SMILES string of the molecule is CCCNC(c1nc(CC)c(C)s1)c1ccc(Br)cc1Cl. The number of aryl methyl sites for hydroxylation is 2. The molecule has 0 aliphatic heterocycles. The molecule has 2 nitrogen and oxygen atoms in total. The van der Waals surface area contributed by atoms with Crippen molar-refractivity contribution in [1.29, 1.82) is 0 Å². The van der Waals surface area contributed by atoms with Gasteiger partial charge in [0.25, 0.3) is 0 Å². The third-order valence-corrected chi connectivity index (χ3v) is 5.26. The zero-order valence-corrected chi connectivity index (χ0v) is 15.7. The molecule has 1 atom stereocenters. The minimum Gasteiger partial charge on any atom is -0.304 e. The van der Waals surface area contributed by atoms with Crippen LogP contribution in [0.2, 0.25) is 5.02 Å². The van der Waals surface area contributed by atoms with Gasteiger partial charge in [-0.05, 0) is 44.0 Å². The molecule has 0 aliphatic rings. The summed E-state index contributed by atoms with van der Waals surface area (Å²) >= 11 is 11.7. The van der Waals surface area contributed by atoms with E-state index in [1.165, 1.54) is 10.6 Å². The molecule has 0 radical (unpaired) electrons. The summed E-state index contributed by atoms with van der Waals surface area (Å²) in [4.78, 5) is 6.10. The van der Waals surface area contributed by atoms with E-state index in [0.29, 0.717) is 0 Å². The lowest BCUT2D eigenvalue weighted by Gasteiger charge is -2.18. The molecule has 2 aromatic rings. The quantitative estimate of drug-likeness (QED) is 0.706. The number of rotatable bonds is 6. The van der Waals surface area contributed by atoms with Gasteiger partial charge in [-0.25, -0.2) is 4.98 Å². The maximum atomic E-state index is 6.44. The lowest BCUT2D eigenvalue weighted by molar-refractivity contribution is 0.594. The van der Waals surface area contributed by atoms with E-state index in [0.717, 1.165) is 39.5 Å².